The minimum Gasteiger partial charge on any atom is -0.461 e. The number of carbonyl (C=O) groups is 1. The first kappa shape index (κ1) is 36.9. The molecule has 3 unspecified atom stereocenters. The fraction of sp³-hybridized carbons (Fsp3) is 0.500. The van der Waals surface area contributed by atoms with E-state index in [2.05, 4.69) is 9.97 Å². The molecule has 0 bridgehead atoms. The smallest absolute Gasteiger partial charge is 0.417 e. The molecule has 9 nitrogen and oxygen atoms in total. The number of nitrogens with zero attached hydrogens (tertiary/aromatic N) is 6. The number of nitriles is 1. The summed E-state index contributed by atoms with van der Waals surface area (Å²) in [4.78, 5) is 26.6. The highest BCUT2D eigenvalue weighted by atomic mass is 32.1. The van der Waals surface area contributed by atoms with Crippen molar-refractivity contribution in [2.75, 3.05) is 56.6 Å². The quantitative estimate of drug-likeness (QED) is 0.178. The zero-order chi connectivity index (χ0) is 38.0. The highest BCUT2D eigenvalue weighted by Crippen LogP contribution is 2.48. The Kier molecular flexibility index (Phi) is 9.59. The molecule has 282 valence electrons. The number of anilines is 2. The molecule has 3 saturated heterocycles. The van der Waals surface area contributed by atoms with Crippen LogP contribution in [0.3, 0.4) is 0 Å². The van der Waals surface area contributed by atoms with Gasteiger partial charge in [-0.3, -0.25) is 9.69 Å². The molecule has 3 aliphatic rings. The van der Waals surface area contributed by atoms with Crippen molar-refractivity contribution in [3.05, 3.63) is 41.0 Å². The van der Waals surface area contributed by atoms with Crippen molar-refractivity contribution in [2.24, 2.45) is 5.92 Å². The van der Waals surface area contributed by atoms with Gasteiger partial charge < -0.3 is 20.3 Å². The van der Waals surface area contributed by atoms with E-state index < -0.39 is 75.8 Å². The van der Waals surface area contributed by atoms with Gasteiger partial charge in [0.25, 0.3) is 0 Å². The topological polar surface area (TPSA) is 112 Å². The van der Waals surface area contributed by atoms with Crippen molar-refractivity contribution in [1.29, 1.82) is 5.26 Å². The Morgan fingerprint density at radius 1 is 1.23 bits per heavy atom. The first-order valence-electron chi connectivity index (χ1n) is 17.3. The maximum absolute atomic E-state index is 17.2. The van der Waals surface area contributed by atoms with Crippen molar-refractivity contribution in [3.8, 4) is 23.2 Å². The molecule has 3 fully saturated rings. The monoisotopic (exact) mass is 763 g/mol. The third-order valence-corrected chi connectivity index (χ3v) is 11.7. The standard InChI is InChI=1S/C36H36F7N7O2S/c1-18(2)33(51)48-10-6-20(16-48)50(11-8-37)32-22-12-24(36(41,42)43)27(21-4-5-25(39)30-26(21)23(14-44)31(45)53-30)28(40)29(22)46-34(47-32)52-17-35-7-3-9-49(35)15-19(38)13-35/h4-5,12,18-20H,3,6-11,13,15-17,45H2,1-2H3. The van der Waals surface area contributed by atoms with Gasteiger partial charge in [0.05, 0.1) is 21.4 Å². The van der Waals surface area contributed by atoms with E-state index in [1.807, 2.05) is 4.90 Å². The number of aromatic nitrogens is 2. The van der Waals surface area contributed by atoms with Gasteiger partial charge in [-0.25, -0.2) is 17.6 Å². The molecule has 5 heterocycles. The van der Waals surface area contributed by atoms with Gasteiger partial charge in [-0.1, -0.05) is 19.9 Å². The van der Waals surface area contributed by atoms with Gasteiger partial charge in [0.1, 0.15) is 47.7 Å². The van der Waals surface area contributed by atoms with E-state index in [0.717, 1.165) is 18.6 Å². The van der Waals surface area contributed by atoms with E-state index in [4.69, 9.17) is 10.5 Å². The Morgan fingerprint density at radius 3 is 2.70 bits per heavy atom. The number of halogens is 7. The normalized spacial score (nSPS) is 21.9. The third-order valence-electron chi connectivity index (χ3n) is 10.6. The summed E-state index contributed by atoms with van der Waals surface area (Å²) in [6, 6.07) is 3.28. The molecule has 3 atom stereocenters. The average molecular weight is 764 g/mol. The Morgan fingerprint density at radius 2 is 2.00 bits per heavy atom. The molecule has 2 N–H and O–H groups in total. The SMILES string of the molecule is CC(C)C(=O)N1CCC(N(CCF)c2nc(OCC34CCCN3CC(F)C4)nc3c(F)c(-c4ccc(F)c5sc(N)c(C#N)c45)c(C(F)(F)F)cc23)C1. The van der Waals surface area contributed by atoms with Gasteiger partial charge in [0.2, 0.25) is 5.91 Å². The van der Waals surface area contributed by atoms with Crippen molar-refractivity contribution in [2.45, 2.75) is 63.5 Å². The zero-order valence-electron chi connectivity index (χ0n) is 28.9. The lowest BCUT2D eigenvalue weighted by Crippen LogP contribution is -2.44. The first-order chi connectivity index (χ1) is 25.2. The zero-order valence-corrected chi connectivity index (χ0v) is 29.7. The summed E-state index contributed by atoms with van der Waals surface area (Å²) in [5.74, 6) is -3.04. The van der Waals surface area contributed by atoms with Crippen LogP contribution in [0.2, 0.25) is 0 Å². The number of amides is 1. The van der Waals surface area contributed by atoms with Crippen molar-refractivity contribution in [1.82, 2.24) is 19.8 Å². The van der Waals surface area contributed by atoms with E-state index in [1.54, 1.807) is 24.8 Å². The highest BCUT2D eigenvalue weighted by Gasteiger charge is 2.49. The molecule has 53 heavy (non-hydrogen) atoms. The summed E-state index contributed by atoms with van der Waals surface area (Å²) in [5, 5.41) is 9.01. The third kappa shape index (κ3) is 6.37. The molecule has 1 amide bonds. The minimum atomic E-state index is -5.19. The minimum absolute atomic E-state index is 0.0883. The summed E-state index contributed by atoms with van der Waals surface area (Å²) >= 11 is 0.650. The molecule has 0 aliphatic carbocycles. The number of fused-ring (bicyclic) bond motifs is 3. The highest BCUT2D eigenvalue weighted by molar-refractivity contribution is 7.23. The Bertz CT molecular complexity index is 2140. The Balaban J connectivity index is 1.45. The fourth-order valence-corrected chi connectivity index (χ4v) is 9.18. The second-order valence-corrected chi connectivity index (χ2v) is 15.3. The van der Waals surface area contributed by atoms with E-state index in [-0.39, 0.29) is 71.0 Å². The number of likely N-dealkylation sites (tertiary alicyclic amines) is 1. The molecular formula is C36H36F7N7O2S. The van der Waals surface area contributed by atoms with Crippen LogP contribution in [0.5, 0.6) is 6.01 Å². The molecule has 0 radical (unpaired) electrons. The number of nitrogens with two attached hydrogens (primary N) is 1. The van der Waals surface area contributed by atoms with Crippen LogP contribution in [-0.2, 0) is 11.0 Å². The number of hydrogen-bond donors (Lipinski definition) is 1. The van der Waals surface area contributed by atoms with Gasteiger partial charge in [-0.15, -0.1) is 11.3 Å². The van der Waals surface area contributed by atoms with Crippen LogP contribution < -0.4 is 15.4 Å². The van der Waals surface area contributed by atoms with Gasteiger partial charge in [-0.2, -0.15) is 28.4 Å². The van der Waals surface area contributed by atoms with Gasteiger partial charge in [0, 0.05) is 60.9 Å². The molecule has 0 saturated carbocycles. The maximum Gasteiger partial charge on any atom is 0.417 e. The van der Waals surface area contributed by atoms with Crippen molar-refractivity contribution in [3.63, 3.8) is 0 Å². The number of ether oxygens (including phenoxy) is 1. The van der Waals surface area contributed by atoms with Crippen LogP contribution in [0, 0.1) is 28.9 Å². The summed E-state index contributed by atoms with van der Waals surface area (Å²) in [7, 11) is 0. The Labute approximate surface area is 304 Å². The van der Waals surface area contributed by atoms with Crippen LogP contribution in [-0.4, -0.2) is 89.4 Å². The van der Waals surface area contributed by atoms with Gasteiger partial charge >= 0.3 is 12.2 Å². The summed E-state index contributed by atoms with van der Waals surface area (Å²) in [5.41, 5.74) is 1.47. The second-order valence-electron chi connectivity index (χ2n) is 14.2. The van der Waals surface area contributed by atoms with E-state index in [0.29, 0.717) is 43.3 Å². The molecule has 2 aromatic heterocycles. The average Bonchev–Trinajstić information content (AvgIpc) is 3.88. The van der Waals surface area contributed by atoms with Crippen LogP contribution in [0.25, 0.3) is 32.1 Å². The predicted octanol–water partition coefficient (Wildman–Crippen LogP) is 7.25. The molecule has 0 spiro atoms. The predicted molar refractivity (Wildman–Crippen MR) is 186 cm³/mol. The molecule has 4 aromatic rings. The van der Waals surface area contributed by atoms with E-state index >= 15 is 17.6 Å². The summed E-state index contributed by atoms with van der Waals surface area (Å²) < 4.78 is 112. The lowest BCUT2D eigenvalue weighted by molar-refractivity contribution is -0.137. The fourth-order valence-electron chi connectivity index (χ4n) is 8.23. The van der Waals surface area contributed by atoms with Crippen LogP contribution in [0.4, 0.5) is 41.6 Å². The van der Waals surface area contributed by atoms with Gasteiger partial charge in [0.15, 0.2) is 5.82 Å². The number of nitrogen functional groups attached to an aromatic ring is 1. The lowest BCUT2D eigenvalue weighted by Gasteiger charge is -2.32. The van der Waals surface area contributed by atoms with Crippen molar-refractivity contribution >= 4 is 49.1 Å². The van der Waals surface area contributed by atoms with E-state index in [9.17, 15) is 23.2 Å². The number of thiophene rings is 1. The largest absolute Gasteiger partial charge is 0.461 e. The number of carbonyl (C=O) groups excluding carboxylic acids is 1. The number of benzene rings is 2. The van der Waals surface area contributed by atoms with Crippen LogP contribution >= 0.6 is 11.3 Å². The summed E-state index contributed by atoms with van der Waals surface area (Å²) in [6.07, 6.45) is -4.37. The maximum atomic E-state index is 17.2. The van der Waals surface area contributed by atoms with Crippen LogP contribution in [0.15, 0.2) is 18.2 Å². The first-order valence-corrected chi connectivity index (χ1v) is 18.1. The van der Waals surface area contributed by atoms with Crippen molar-refractivity contribution < 1.29 is 40.3 Å². The van der Waals surface area contributed by atoms with Gasteiger partial charge in [-0.05, 0) is 43.5 Å². The van der Waals surface area contributed by atoms with E-state index in [1.165, 1.54) is 4.90 Å². The molecule has 2 aromatic carbocycles. The van der Waals surface area contributed by atoms with Crippen LogP contribution in [0.1, 0.15) is 50.7 Å². The summed E-state index contributed by atoms with van der Waals surface area (Å²) in [6.45, 7) is 3.34. The molecular weight excluding hydrogens is 727 g/mol. The Hall–Kier alpha value is -4.43. The second kappa shape index (κ2) is 13.8. The number of hydrogen-bond acceptors (Lipinski definition) is 9. The molecule has 3 aliphatic heterocycles. The lowest BCUT2D eigenvalue weighted by atomic mass is 9.92. The molecule has 17 heteroatoms. The molecule has 7 rings (SSSR count). The number of rotatable bonds is 9. The number of alkyl halides is 5.